The van der Waals surface area contributed by atoms with Crippen molar-refractivity contribution in [1.82, 2.24) is 9.88 Å². The van der Waals surface area contributed by atoms with Gasteiger partial charge in [0.2, 0.25) is 0 Å². The zero-order valence-corrected chi connectivity index (χ0v) is 12.5. The summed E-state index contributed by atoms with van der Waals surface area (Å²) < 4.78 is 39.1. The van der Waals surface area contributed by atoms with Gasteiger partial charge in [-0.15, -0.1) is 0 Å². The molecular formula is C16H20F3N3. The smallest absolute Gasteiger partial charge is 0.382 e. The summed E-state index contributed by atoms with van der Waals surface area (Å²) in [6.07, 6.45) is -0.669. The molecule has 2 heterocycles. The highest BCUT2D eigenvalue weighted by Crippen LogP contribution is 2.29. The molecule has 1 aliphatic rings. The van der Waals surface area contributed by atoms with Crippen molar-refractivity contribution in [2.75, 3.05) is 11.9 Å². The van der Waals surface area contributed by atoms with Crippen LogP contribution in [-0.4, -0.2) is 29.4 Å². The summed E-state index contributed by atoms with van der Waals surface area (Å²) >= 11 is 0. The van der Waals surface area contributed by atoms with Gasteiger partial charge in [-0.25, -0.2) is 0 Å². The van der Waals surface area contributed by atoms with E-state index >= 15 is 0 Å². The lowest BCUT2D eigenvalue weighted by Crippen LogP contribution is -2.41. The highest BCUT2D eigenvalue weighted by Gasteiger charge is 2.28. The number of anilines is 1. The third kappa shape index (κ3) is 3.38. The summed E-state index contributed by atoms with van der Waals surface area (Å²) in [6, 6.07) is 8.05. The highest BCUT2D eigenvalue weighted by atomic mass is 19.4. The molecule has 0 radical (unpaired) electrons. The summed E-state index contributed by atoms with van der Waals surface area (Å²) in [5.41, 5.74) is 1.53. The van der Waals surface area contributed by atoms with Gasteiger partial charge in [-0.3, -0.25) is 0 Å². The van der Waals surface area contributed by atoms with E-state index in [4.69, 9.17) is 0 Å². The van der Waals surface area contributed by atoms with Crippen LogP contribution in [0.4, 0.5) is 18.9 Å². The predicted octanol–water partition coefficient (Wildman–Crippen LogP) is 3.76. The van der Waals surface area contributed by atoms with E-state index in [0.29, 0.717) is 17.6 Å². The minimum Gasteiger partial charge on any atom is -0.382 e. The Morgan fingerprint density at radius 2 is 2.14 bits per heavy atom. The van der Waals surface area contributed by atoms with Crippen molar-refractivity contribution in [1.29, 1.82) is 0 Å². The number of halogens is 3. The molecule has 3 nitrogen and oxygen atoms in total. The molecule has 1 aromatic carbocycles. The molecule has 1 aliphatic heterocycles. The molecule has 6 heteroatoms. The van der Waals surface area contributed by atoms with Crippen molar-refractivity contribution in [3.8, 4) is 0 Å². The molecule has 2 N–H and O–H groups in total. The molecule has 1 saturated heterocycles. The normalized spacial score (nSPS) is 22.9. The molecular weight excluding hydrogens is 291 g/mol. The van der Waals surface area contributed by atoms with E-state index < -0.39 is 12.7 Å². The van der Waals surface area contributed by atoms with Crippen LogP contribution in [0, 0.1) is 0 Å². The maximum atomic E-state index is 12.6. The fourth-order valence-corrected chi connectivity index (χ4v) is 3.16. The summed E-state index contributed by atoms with van der Waals surface area (Å²) in [4.78, 5) is 0. The Bertz CT molecular complexity index is 648. The Labute approximate surface area is 127 Å². The molecule has 2 unspecified atom stereocenters. The van der Waals surface area contributed by atoms with Gasteiger partial charge in [-0.1, -0.05) is 6.07 Å². The molecule has 2 atom stereocenters. The first kappa shape index (κ1) is 15.2. The molecule has 3 rings (SSSR count). The van der Waals surface area contributed by atoms with Crippen molar-refractivity contribution < 1.29 is 13.2 Å². The molecule has 0 amide bonds. The van der Waals surface area contributed by atoms with E-state index in [9.17, 15) is 13.2 Å². The van der Waals surface area contributed by atoms with Gasteiger partial charge in [0.1, 0.15) is 6.54 Å². The lowest BCUT2D eigenvalue weighted by atomic mass is 10.00. The number of piperidine rings is 1. The summed E-state index contributed by atoms with van der Waals surface area (Å²) in [7, 11) is 0. The van der Waals surface area contributed by atoms with Gasteiger partial charge >= 0.3 is 6.18 Å². The van der Waals surface area contributed by atoms with Crippen LogP contribution in [0.25, 0.3) is 10.9 Å². The minimum atomic E-state index is -4.21. The lowest BCUT2D eigenvalue weighted by Gasteiger charge is -2.29. The van der Waals surface area contributed by atoms with E-state index in [1.807, 2.05) is 12.1 Å². The van der Waals surface area contributed by atoms with Crippen LogP contribution < -0.4 is 10.6 Å². The highest BCUT2D eigenvalue weighted by molar-refractivity contribution is 5.92. The van der Waals surface area contributed by atoms with Crippen molar-refractivity contribution in [3.63, 3.8) is 0 Å². The Balaban J connectivity index is 1.84. The molecule has 0 aliphatic carbocycles. The van der Waals surface area contributed by atoms with Crippen molar-refractivity contribution in [3.05, 3.63) is 30.5 Å². The Hall–Kier alpha value is -1.69. The summed E-state index contributed by atoms with van der Waals surface area (Å²) in [5, 5.41) is 7.74. The van der Waals surface area contributed by atoms with Crippen LogP contribution in [0.5, 0.6) is 0 Å². The molecule has 0 spiro atoms. The Morgan fingerprint density at radius 3 is 2.86 bits per heavy atom. The largest absolute Gasteiger partial charge is 0.406 e. The van der Waals surface area contributed by atoms with Crippen molar-refractivity contribution >= 4 is 16.6 Å². The standard InChI is InChI=1S/C16H20F3N3/c1-11-9-12(5-7-20-11)21-14-3-2-4-15-13(14)6-8-22(15)10-16(17,18)19/h2-4,6,8,11-12,20-21H,5,7,9-10H2,1H3. The number of nitrogens with zero attached hydrogens (tertiary/aromatic N) is 1. The maximum Gasteiger partial charge on any atom is 0.406 e. The van der Waals surface area contributed by atoms with Crippen molar-refractivity contribution in [2.24, 2.45) is 0 Å². The zero-order chi connectivity index (χ0) is 15.7. The zero-order valence-electron chi connectivity index (χ0n) is 12.5. The minimum absolute atomic E-state index is 0.354. The maximum absolute atomic E-state index is 12.6. The first-order valence-electron chi connectivity index (χ1n) is 7.57. The average molecular weight is 311 g/mol. The Kier molecular flexibility index (Phi) is 4.04. The number of fused-ring (bicyclic) bond motifs is 1. The van der Waals surface area contributed by atoms with E-state index in [-0.39, 0.29) is 0 Å². The fourth-order valence-electron chi connectivity index (χ4n) is 3.16. The second-order valence-corrected chi connectivity index (χ2v) is 6.02. The first-order valence-corrected chi connectivity index (χ1v) is 7.57. The average Bonchev–Trinajstić information content (AvgIpc) is 2.81. The number of rotatable bonds is 3. The van der Waals surface area contributed by atoms with E-state index in [1.165, 1.54) is 10.8 Å². The van der Waals surface area contributed by atoms with Gasteiger partial charge in [0, 0.05) is 29.4 Å². The van der Waals surface area contributed by atoms with Gasteiger partial charge in [0.15, 0.2) is 0 Å². The fraction of sp³-hybridized carbons (Fsp3) is 0.500. The third-order valence-electron chi connectivity index (χ3n) is 4.15. The van der Waals surface area contributed by atoms with E-state index in [0.717, 1.165) is 30.5 Å². The van der Waals surface area contributed by atoms with Crippen molar-refractivity contribution in [2.45, 2.75) is 44.6 Å². The molecule has 22 heavy (non-hydrogen) atoms. The second kappa shape index (κ2) is 5.83. The number of hydrogen-bond donors (Lipinski definition) is 2. The Morgan fingerprint density at radius 1 is 1.32 bits per heavy atom. The van der Waals surface area contributed by atoms with Crippen LogP contribution >= 0.6 is 0 Å². The summed E-state index contributed by atoms with van der Waals surface area (Å²) in [6.45, 7) is 2.16. The molecule has 120 valence electrons. The van der Waals surface area contributed by atoms with Crippen LogP contribution in [-0.2, 0) is 6.54 Å². The lowest BCUT2D eigenvalue weighted by molar-refractivity contribution is -0.139. The number of alkyl halides is 3. The van der Waals surface area contributed by atoms with Gasteiger partial charge in [-0.05, 0) is 44.5 Å². The number of aromatic nitrogens is 1. The molecule has 0 bridgehead atoms. The number of hydrogen-bond acceptors (Lipinski definition) is 2. The number of nitrogens with one attached hydrogen (secondary N) is 2. The predicted molar refractivity (Wildman–Crippen MR) is 82.1 cm³/mol. The van der Waals surface area contributed by atoms with Gasteiger partial charge in [-0.2, -0.15) is 13.2 Å². The van der Waals surface area contributed by atoms with Crippen LogP contribution in [0.3, 0.4) is 0 Å². The van der Waals surface area contributed by atoms with E-state index in [2.05, 4.69) is 17.6 Å². The molecule has 0 saturated carbocycles. The SMILES string of the molecule is CC1CC(Nc2cccc3c2ccn3CC(F)(F)F)CCN1. The summed E-state index contributed by atoms with van der Waals surface area (Å²) in [5.74, 6) is 0. The number of benzene rings is 1. The van der Waals surface area contributed by atoms with Crippen LogP contribution in [0.15, 0.2) is 30.5 Å². The molecule has 2 aromatic rings. The monoisotopic (exact) mass is 311 g/mol. The first-order chi connectivity index (χ1) is 10.4. The molecule has 1 fully saturated rings. The van der Waals surface area contributed by atoms with Gasteiger partial charge in [0.25, 0.3) is 0 Å². The van der Waals surface area contributed by atoms with E-state index in [1.54, 1.807) is 12.1 Å². The topological polar surface area (TPSA) is 29.0 Å². The van der Waals surface area contributed by atoms with Crippen LogP contribution in [0.2, 0.25) is 0 Å². The third-order valence-corrected chi connectivity index (χ3v) is 4.15. The second-order valence-electron chi connectivity index (χ2n) is 6.02. The molecule has 1 aromatic heterocycles. The van der Waals surface area contributed by atoms with Crippen LogP contribution in [0.1, 0.15) is 19.8 Å². The van der Waals surface area contributed by atoms with Gasteiger partial charge < -0.3 is 15.2 Å². The quantitative estimate of drug-likeness (QED) is 0.904. The van der Waals surface area contributed by atoms with Gasteiger partial charge in [0.05, 0.1) is 5.52 Å².